The number of hydrogen-bond acceptors (Lipinski definition) is 8. The number of hydrogen-bond donors (Lipinski definition) is 2. The van der Waals surface area contributed by atoms with Crippen LogP contribution in [0.2, 0.25) is 0 Å². The summed E-state index contributed by atoms with van der Waals surface area (Å²) in [5.74, 6) is -0.670. The average Bonchev–Trinajstić information content (AvgIpc) is 3.35. The molecule has 0 unspecified atom stereocenters. The van der Waals surface area contributed by atoms with Gasteiger partial charge in [0, 0.05) is 12.5 Å². The van der Waals surface area contributed by atoms with Crippen LogP contribution in [0.5, 0.6) is 17.2 Å². The van der Waals surface area contributed by atoms with Crippen LogP contribution in [0.1, 0.15) is 32.5 Å². The molecule has 0 bridgehead atoms. The minimum atomic E-state index is -0.523. The van der Waals surface area contributed by atoms with Crippen LogP contribution < -0.4 is 25.0 Å². The van der Waals surface area contributed by atoms with Crippen molar-refractivity contribution in [3.05, 3.63) is 69.9 Å². The van der Waals surface area contributed by atoms with E-state index in [1.54, 1.807) is 53.9 Å². The summed E-state index contributed by atoms with van der Waals surface area (Å²) in [7, 11) is 2.85. The van der Waals surface area contributed by atoms with Crippen LogP contribution in [-0.2, 0) is 4.79 Å². The van der Waals surface area contributed by atoms with E-state index in [4.69, 9.17) is 14.2 Å². The molecule has 9 nitrogen and oxygen atoms in total. The lowest BCUT2D eigenvalue weighted by Crippen LogP contribution is -2.21. The highest BCUT2D eigenvalue weighted by molar-refractivity contribution is 7.12. The Morgan fingerprint density at radius 1 is 0.970 bits per heavy atom. The summed E-state index contributed by atoms with van der Waals surface area (Å²) in [6, 6.07) is 13.2. The molecule has 0 saturated heterocycles. The second-order valence-corrected chi connectivity index (χ2v) is 7.47. The Labute approximate surface area is 194 Å². The molecule has 0 fully saturated rings. The number of benzene rings is 2. The molecule has 10 heteroatoms. The standard InChI is InChI=1S/C23H21N3O6S/c1-14(27)32-21-18(30-2)11-15(12-19(21)31-3)13-24-26-22(28)16-7-4-5-8-17(16)25-23(29)20-9-6-10-33-20/h4-13H,1-3H3,(H,25,29)(H,26,28). The number of carbonyl (C=O) groups is 3. The summed E-state index contributed by atoms with van der Waals surface area (Å²) >= 11 is 1.30. The van der Waals surface area contributed by atoms with Crippen molar-refractivity contribution in [3.63, 3.8) is 0 Å². The lowest BCUT2D eigenvalue weighted by atomic mass is 10.1. The normalized spacial score (nSPS) is 10.5. The Bertz CT molecular complexity index is 1170. The molecule has 3 aromatic rings. The number of carbonyl (C=O) groups excluding carboxylic acids is 3. The highest BCUT2D eigenvalue weighted by atomic mass is 32.1. The van der Waals surface area contributed by atoms with E-state index in [0.717, 1.165) is 0 Å². The molecule has 3 rings (SSSR count). The zero-order valence-electron chi connectivity index (χ0n) is 18.1. The van der Waals surface area contributed by atoms with Gasteiger partial charge in [-0.3, -0.25) is 14.4 Å². The largest absolute Gasteiger partial charge is 0.493 e. The van der Waals surface area contributed by atoms with E-state index in [2.05, 4.69) is 15.8 Å². The molecule has 0 spiro atoms. The quantitative estimate of drug-likeness (QED) is 0.226. The number of ether oxygens (including phenoxy) is 3. The lowest BCUT2D eigenvalue weighted by molar-refractivity contribution is -0.132. The number of amides is 2. The molecule has 2 N–H and O–H groups in total. The summed E-state index contributed by atoms with van der Waals surface area (Å²) in [6.45, 7) is 1.27. The number of nitrogens with one attached hydrogen (secondary N) is 2. The van der Waals surface area contributed by atoms with Gasteiger partial charge in [-0.25, -0.2) is 5.43 Å². The van der Waals surface area contributed by atoms with Gasteiger partial charge in [0.2, 0.25) is 5.75 Å². The van der Waals surface area contributed by atoms with Crippen molar-refractivity contribution in [2.24, 2.45) is 5.10 Å². The predicted octanol–water partition coefficient (Wildman–Crippen LogP) is 3.71. The van der Waals surface area contributed by atoms with E-state index in [-0.39, 0.29) is 28.7 Å². The van der Waals surface area contributed by atoms with Crippen molar-refractivity contribution in [3.8, 4) is 17.2 Å². The predicted molar refractivity (Wildman–Crippen MR) is 125 cm³/mol. The fraction of sp³-hybridized carbons (Fsp3) is 0.130. The van der Waals surface area contributed by atoms with Gasteiger partial charge < -0.3 is 19.5 Å². The zero-order valence-corrected chi connectivity index (χ0v) is 18.9. The number of methoxy groups -OCH3 is 2. The van der Waals surface area contributed by atoms with Crippen molar-refractivity contribution in [1.82, 2.24) is 5.43 Å². The summed E-state index contributed by atoms with van der Waals surface area (Å²) in [5.41, 5.74) is 3.57. The molecule has 0 aliphatic rings. The number of hydrazone groups is 1. The molecule has 0 saturated carbocycles. The van der Waals surface area contributed by atoms with Crippen molar-refractivity contribution >= 4 is 41.0 Å². The Hall–Kier alpha value is -4.18. The summed E-state index contributed by atoms with van der Waals surface area (Å²) < 4.78 is 15.7. The maximum absolute atomic E-state index is 12.7. The van der Waals surface area contributed by atoms with Crippen LogP contribution >= 0.6 is 11.3 Å². The van der Waals surface area contributed by atoms with Crippen molar-refractivity contribution < 1.29 is 28.6 Å². The van der Waals surface area contributed by atoms with Crippen molar-refractivity contribution in [2.45, 2.75) is 6.92 Å². The Balaban J connectivity index is 1.75. The maximum Gasteiger partial charge on any atom is 0.308 e. The zero-order chi connectivity index (χ0) is 23.8. The molecule has 170 valence electrons. The van der Waals surface area contributed by atoms with Crippen LogP contribution in [0.4, 0.5) is 5.69 Å². The van der Waals surface area contributed by atoms with E-state index >= 15 is 0 Å². The van der Waals surface area contributed by atoms with Crippen molar-refractivity contribution in [1.29, 1.82) is 0 Å². The fourth-order valence-corrected chi connectivity index (χ4v) is 3.45. The minimum Gasteiger partial charge on any atom is -0.493 e. The highest BCUT2D eigenvalue weighted by Gasteiger charge is 2.16. The second-order valence-electron chi connectivity index (χ2n) is 6.52. The van der Waals surface area contributed by atoms with Crippen LogP contribution in [0.15, 0.2) is 59.0 Å². The van der Waals surface area contributed by atoms with Gasteiger partial charge in [-0.05, 0) is 35.7 Å². The lowest BCUT2D eigenvalue weighted by Gasteiger charge is -2.13. The molecule has 0 radical (unpaired) electrons. The molecule has 33 heavy (non-hydrogen) atoms. The molecular formula is C23H21N3O6S. The third-order valence-corrected chi connectivity index (χ3v) is 5.14. The van der Waals surface area contributed by atoms with E-state index in [9.17, 15) is 14.4 Å². The summed E-state index contributed by atoms with van der Waals surface area (Å²) in [6.07, 6.45) is 1.38. The maximum atomic E-state index is 12.7. The fourth-order valence-electron chi connectivity index (χ4n) is 2.83. The van der Waals surface area contributed by atoms with Gasteiger partial charge in [0.25, 0.3) is 11.8 Å². The molecule has 2 amide bonds. The number of esters is 1. The Morgan fingerprint density at radius 3 is 2.27 bits per heavy atom. The van der Waals surface area contributed by atoms with Crippen LogP contribution in [-0.4, -0.2) is 38.2 Å². The number of rotatable bonds is 8. The van der Waals surface area contributed by atoms with Gasteiger partial charge in [0.15, 0.2) is 11.5 Å². The first kappa shape index (κ1) is 23.5. The number of nitrogens with zero attached hydrogens (tertiary/aromatic N) is 1. The van der Waals surface area contributed by atoms with E-state index in [1.165, 1.54) is 38.7 Å². The minimum absolute atomic E-state index is 0.143. The first-order valence-electron chi connectivity index (χ1n) is 9.64. The SMILES string of the molecule is COc1cc(C=NNC(=O)c2ccccc2NC(=O)c2cccs2)cc(OC)c1OC(C)=O. The van der Waals surface area contributed by atoms with Gasteiger partial charge in [0.1, 0.15) is 0 Å². The number of anilines is 1. The Morgan fingerprint density at radius 2 is 1.67 bits per heavy atom. The molecule has 0 aliphatic heterocycles. The Kier molecular flexibility index (Phi) is 7.77. The average molecular weight is 468 g/mol. The van der Waals surface area contributed by atoms with E-state index in [0.29, 0.717) is 16.1 Å². The molecule has 1 aromatic heterocycles. The van der Waals surface area contributed by atoms with E-state index in [1.807, 2.05) is 0 Å². The summed E-state index contributed by atoms with van der Waals surface area (Å²) in [5, 5.41) is 8.51. The van der Waals surface area contributed by atoms with Crippen molar-refractivity contribution in [2.75, 3.05) is 19.5 Å². The number of para-hydroxylation sites is 1. The second kappa shape index (κ2) is 10.9. The molecule has 0 atom stereocenters. The monoisotopic (exact) mass is 467 g/mol. The van der Waals surface area contributed by atoms with E-state index < -0.39 is 11.9 Å². The molecule has 2 aromatic carbocycles. The smallest absolute Gasteiger partial charge is 0.308 e. The first-order chi connectivity index (χ1) is 15.9. The van der Waals surface area contributed by atoms with Crippen LogP contribution in [0.25, 0.3) is 0 Å². The summed E-state index contributed by atoms with van der Waals surface area (Å²) in [4.78, 5) is 36.9. The first-order valence-corrected chi connectivity index (χ1v) is 10.5. The van der Waals surface area contributed by atoms with Gasteiger partial charge in [-0.1, -0.05) is 18.2 Å². The van der Waals surface area contributed by atoms with Gasteiger partial charge in [0.05, 0.1) is 36.6 Å². The topological polar surface area (TPSA) is 115 Å². The van der Waals surface area contributed by atoms with Gasteiger partial charge in [-0.15, -0.1) is 11.3 Å². The molecule has 0 aliphatic carbocycles. The number of thiophene rings is 1. The third kappa shape index (κ3) is 5.95. The molecule has 1 heterocycles. The third-order valence-electron chi connectivity index (χ3n) is 4.27. The molecular weight excluding hydrogens is 446 g/mol. The van der Waals surface area contributed by atoms with Gasteiger partial charge >= 0.3 is 5.97 Å². The van der Waals surface area contributed by atoms with Crippen LogP contribution in [0, 0.1) is 0 Å². The van der Waals surface area contributed by atoms with Gasteiger partial charge in [-0.2, -0.15) is 5.10 Å². The highest BCUT2D eigenvalue weighted by Crippen LogP contribution is 2.38. The van der Waals surface area contributed by atoms with Crippen LogP contribution in [0.3, 0.4) is 0 Å².